The van der Waals surface area contributed by atoms with Gasteiger partial charge < -0.3 is 10.0 Å². The Morgan fingerprint density at radius 3 is 2.67 bits per heavy atom. The van der Waals surface area contributed by atoms with E-state index in [1.807, 2.05) is 18.9 Å². The van der Waals surface area contributed by atoms with E-state index >= 15 is 0 Å². The summed E-state index contributed by atoms with van der Waals surface area (Å²) in [6.45, 7) is 3.96. The van der Waals surface area contributed by atoms with Crippen molar-refractivity contribution in [3.05, 3.63) is 29.6 Å². The Kier molecular flexibility index (Phi) is 4.09. The van der Waals surface area contributed by atoms with Crippen LogP contribution in [0, 0.1) is 5.82 Å². The summed E-state index contributed by atoms with van der Waals surface area (Å²) >= 11 is 0. The van der Waals surface area contributed by atoms with Crippen LogP contribution < -0.4 is 4.90 Å². The average molecular weight is 211 g/mol. The lowest BCUT2D eigenvalue weighted by molar-refractivity contribution is 0.281. The highest BCUT2D eigenvalue weighted by Gasteiger charge is 2.15. The molecule has 0 spiro atoms. The largest absolute Gasteiger partial charge is 0.392 e. The summed E-state index contributed by atoms with van der Waals surface area (Å²) < 4.78 is 13.6. The molecular weight excluding hydrogens is 193 g/mol. The van der Waals surface area contributed by atoms with Gasteiger partial charge in [-0.25, -0.2) is 4.39 Å². The van der Waals surface area contributed by atoms with Crippen molar-refractivity contribution in [1.29, 1.82) is 0 Å². The normalized spacial score (nSPS) is 12.6. The lowest BCUT2D eigenvalue weighted by atomic mass is 10.1. The highest BCUT2D eigenvalue weighted by Crippen LogP contribution is 2.25. The number of aliphatic hydroxyl groups excluding tert-OH is 1. The second-order valence-electron chi connectivity index (χ2n) is 3.77. The predicted octanol–water partition coefficient (Wildman–Crippen LogP) is 2.55. The number of halogens is 1. The highest BCUT2D eigenvalue weighted by atomic mass is 19.1. The smallest absolute Gasteiger partial charge is 0.146 e. The first-order valence-corrected chi connectivity index (χ1v) is 5.22. The van der Waals surface area contributed by atoms with Gasteiger partial charge in [-0.3, -0.25) is 0 Å². The van der Waals surface area contributed by atoms with E-state index in [0.29, 0.717) is 11.3 Å². The monoisotopic (exact) mass is 211 g/mol. The van der Waals surface area contributed by atoms with Crippen LogP contribution in [0.15, 0.2) is 18.2 Å². The summed E-state index contributed by atoms with van der Waals surface area (Å²) in [6, 6.07) is 5.05. The molecule has 0 aliphatic heterocycles. The molecule has 3 heteroatoms. The van der Waals surface area contributed by atoms with Crippen molar-refractivity contribution < 1.29 is 9.50 Å². The Balaban J connectivity index is 3.10. The number of hydrogen-bond donors (Lipinski definition) is 1. The van der Waals surface area contributed by atoms with E-state index < -0.39 is 0 Å². The minimum Gasteiger partial charge on any atom is -0.392 e. The SMILES string of the molecule is CCC(C)N(C)c1c(F)cccc1CO. The number of anilines is 1. The van der Waals surface area contributed by atoms with Gasteiger partial charge in [-0.05, 0) is 19.4 Å². The first-order chi connectivity index (χ1) is 7.11. The molecule has 0 aromatic heterocycles. The van der Waals surface area contributed by atoms with Gasteiger partial charge in [-0.2, -0.15) is 0 Å². The fourth-order valence-corrected chi connectivity index (χ4v) is 1.58. The second kappa shape index (κ2) is 5.12. The van der Waals surface area contributed by atoms with Crippen LogP contribution in [0.2, 0.25) is 0 Å². The van der Waals surface area contributed by atoms with Gasteiger partial charge in [0.1, 0.15) is 5.82 Å². The molecule has 0 saturated carbocycles. The molecule has 1 atom stereocenters. The Labute approximate surface area is 90.3 Å². The number of benzene rings is 1. The van der Waals surface area contributed by atoms with E-state index in [0.717, 1.165) is 6.42 Å². The van der Waals surface area contributed by atoms with Crippen molar-refractivity contribution >= 4 is 5.69 Å². The quantitative estimate of drug-likeness (QED) is 0.827. The maximum absolute atomic E-state index is 13.6. The average Bonchev–Trinajstić information content (AvgIpc) is 2.26. The lowest BCUT2D eigenvalue weighted by Crippen LogP contribution is -2.29. The standard InChI is InChI=1S/C12H18FNO/c1-4-9(2)14(3)12-10(8-15)6-5-7-11(12)13/h5-7,9,15H,4,8H2,1-3H3. The van der Waals surface area contributed by atoms with Gasteiger partial charge in [0.15, 0.2) is 0 Å². The third kappa shape index (κ3) is 2.48. The minimum absolute atomic E-state index is 0.131. The van der Waals surface area contributed by atoms with E-state index in [-0.39, 0.29) is 18.5 Å². The van der Waals surface area contributed by atoms with Crippen LogP contribution in [0.25, 0.3) is 0 Å². The van der Waals surface area contributed by atoms with Crippen molar-refractivity contribution in [3.63, 3.8) is 0 Å². The van der Waals surface area contributed by atoms with Crippen molar-refractivity contribution in [1.82, 2.24) is 0 Å². The van der Waals surface area contributed by atoms with E-state index in [4.69, 9.17) is 5.11 Å². The van der Waals surface area contributed by atoms with Crippen LogP contribution in [0.5, 0.6) is 0 Å². The van der Waals surface area contributed by atoms with Crippen LogP contribution in [0.3, 0.4) is 0 Å². The van der Waals surface area contributed by atoms with Gasteiger partial charge in [0.25, 0.3) is 0 Å². The van der Waals surface area contributed by atoms with Gasteiger partial charge >= 0.3 is 0 Å². The van der Waals surface area contributed by atoms with Gasteiger partial charge in [-0.1, -0.05) is 19.1 Å². The van der Waals surface area contributed by atoms with Crippen molar-refractivity contribution in [2.45, 2.75) is 32.9 Å². The molecule has 0 radical (unpaired) electrons. The Hall–Kier alpha value is -1.09. The molecule has 84 valence electrons. The molecule has 0 aliphatic carbocycles. The molecule has 0 heterocycles. The number of nitrogens with zero attached hydrogens (tertiary/aromatic N) is 1. The predicted molar refractivity (Wildman–Crippen MR) is 60.5 cm³/mol. The van der Waals surface area contributed by atoms with Crippen molar-refractivity contribution in [2.75, 3.05) is 11.9 Å². The molecule has 0 fully saturated rings. The summed E-state index contributed by atoms with van der Waals surface area (Å²) in [6.07, 6.45) is 0.940. The van der Waals surface area contributed by atoms with Gasteiger partial charge in [0.05, 0.1) is 12.3 Å². The van der Waals surface area contributed by atoms with Crippen molar-refractivity contribution in [3.8, 4) is 0 Å². The molecule has 0 bridgehead atoms. The first kappa shape index (κ1) is 12.0. The number of aliphatic hydroxyl groups is 1. The summed E-state index contributed by atoms with van der Waals surface area (Å²) in [7, 11) is 1.85. The van der Waals surface area contributed by atoms with Crippen LogP contribution in [-0.4, -0.2) is 18.2 Å². The lowest BCUT2D eigenvalue weighted by Gasteiger charge is -2.28. The van der Waals surface area contributed by atoms with Crippen LogP contribution in [-0.2, 0) is 6.61 Å². The number of para-hydroxylation sites is 1. The van der Waals surface area contributed by atoms with Crippen LogP contribution in [0.4, 0.5) is 10.1 Å². The molecule has 1 aromatic rings. The molecule has 1 aromatic carbocycles. The molecule has 15 heavy (non-hydrogen) atoms. The number of hydrogen-bond acceptors (Lipinski definition) is 2. The molecule has 0 saturated heterocycles. The molecule has 0 aliphatic rings. The summed E-state index contributed by atoms with van der Waals surface area (Å²) in [4.78, 5) is 1.88. The van der Waals surface area contributed by atoms with E-state index in [1.165, 1.54) is 6.07 Å². The fourth-order valence-electron chi connectivity index (χ4n) is 1.58. The molecule has 1 unspecified atom stereocenters. The molecule has 2 nitrogen and oxygen atoms in total. The van der Waals surface area contributed by atoms with E-state index in [9.17, 15) is 4.39 Å². The minimum atomic E-state index is -0.274. The first-order valence-electron chi connectivity index (χ1n) is 5.22. The Morgan fingerprint density at radius 2 is 2.13 bits per heavy atom. The molecule has 0 amide bonds. The van der Waals surface area contributed by atoms with Gasteiger partial charge in [0.2, 0.25) is 0 Å². The third-order valence-electron chi connectivity index (χ3n) is 2.85. The van der Waals surface area contributed by atoms with Crippen LogP contribution >= 0.6 is 0 Å². The zero-order valence-electron chi connectivity index (χ0n) is 9.50. The Morgan fingerprint density at radius 1 is 1.47 bits per heavy atom. The van der Waals surface area contributed by atoms with Crippen LogP contribution in [0.1, 0.15) is 25.8 Å². The molecule has 1 N–H and O–H groups in total. The van der Waals surface area contributed by atoms with E-state index in [1.54, 1.807) is 12.1 Å². The fraction of sp³-hybridized carbons (Fsp3) is 0.500. The molecular formula is C12H18FNO. The topological polar surface area (TPSA) is 23.5 Å². The zero-order valence-corrected chi connectivity index (χ0v) is 9.50. The maximum atomic E-state index is 13.6. The summed E-state index contributed by atoms with van der Waals surface area (Å²) in [5, 5.41) is 9.15. The van der Waals surface area contributed by atoms with E-state index in [2.05, 4.69) is 6.92 Å². The van der Waals surface area contributed by atoms with Gasteiger partial charge in [-0.15, -0.1) is 0 Å². The number of rotatable bonds is 4. The summed E-state index contributed by atoms with van der Waals surface area (Å²) in [5.41, 5.74) is 1.15. The third-order valence-corrected chi connectivity index (χ3v) is 2.85. The maximum Gasteiger partial charge on any atom is 0.146 e. The highest BCUT2D eigenvalue weighted by molar-refractivity contribution is 5.54. The zero-order chi connectivity index (χ0) is 11.4. The van der Waals surface area contributed by atoms with Crippen molar-refractivity contribution in [2.24, 2.45) is 0 Å². The summed E-state index contributed by atoms with van der Waals surface area (Å²) in [5.74, 6) is -0.274. The second-order valence-corrected chi connectivity index (χ2v) is 3.77. The van der Waals surface area contributed by atoms with Gasteiger partial charge in [0, 0.05) is 18.7 Å². The Bertz CT molecular complexity index is 327. The molecule has 1 rings (SSSR count).